The van der Waals surface area contributed by atoms with Crippen LogP contribution in [0.3, 0.4) is 0 Å². The summed E-state index contributed by atoms with van der Waals surface area (Å²) >= 11 is 0. The highest BCUT2D eigenvalue weighted by Gasteiger charge is 2.19. The number of hydrogen-bond acceptors (Lipinski definition) is 1. The molecule has 0 aromatic heterocycles. The molecule has 15 heavy (non-hydrogen) atoms. The van der Waals surface area contributed by atoms with Crippen molar-refractivity contribution in [3.05, 3.63) is 0 Å². The van der Waals surface area contributed by atoms with Crippen molar-refractivity contribution in [3.63, 3.8) is 0 Å². The second-order valence-electron chi connectivity index (χ2n) is 5.54. The smallest absolute Gasteiger partial charge is 0.225 e. The third-order valence-corrected chi connectivity index (χ3v) is 2.86. The van der Waals surface area contributed by atoms with Crippen LogP contribution in [0.2, 0.25) is 0 Å². The Hall–Kier alpha value is -0.530. The van der Waals surface area contributed by atoms with Crippen LogP contribution in [0.5, 0.6) is 0 Å². The van der Waals surface area contributed by atoms with Gasteiger partial charge in [0, 0.05) is 19.0 Å². The number of carbonyl (C=O) groups excluding carboxylic acids is 1. The first-order valence-electron chi connectivity index (χ1n) is 6.10. The molecule has 0 bridgehead atoms. The van der Waals surface area contributed by atoms with Crippen LogP contribution in [0.25, 0.3) is 0 Å². The molecule has 1 amide bonds. The van der Waals surface area contributed by atoms with E-state index in [-0.39, 0.29) is 5.92 Å². The largest absolute Gasteiger partial charge is 0.343 e. The topological polar surface area (TPSA) is 20.3 Å². The number of amides is 1. The van der Waals surface area contributed by atoms with Gasteiger partial charge in [-0.3, -0.25) is 4.79 Å². The molecule has 0 N–H and O–H groups in total. The third-order valence-electron chi connectivity index (χ3n) is 2.86. The van der Waals surface area contributed by atoms with Gasteiger partial charge in [0.05, 0.1) is 0 Å². The van der Waals surface area contributed by atoms with Gasteiger partial charge in [0.15, 0.2) is 0 Å². The van der Waals surface area contributed by atoms with Crippen molar-refractivity contribution >= 4 is 5.91 Å². The fourth-order valence-electron chi connectivity index (χ4n) is 1.38. The van der Waals surface area contributed by atoms with E-state index < -0.39 is 0 Å². The van der Waals surface area contributed by atoms with Crippen molar-refractivity contribution < 1.29 is 4.79 Å². The minimum absolute atomic E-state index is 0.171. The molecule has 0 aromatic rings. The maximum Gasteiger partial charge on any atom is 0.225 e. The zero-order valence-corrected chi connectivity index (χ0v) is 11.3. The molecular formula is C13H27NO. The van der Waals surface area contributed by atoms with Gasteiger partial charge in [0.2, 0.25) is 5.91 Å². The highest BCUT2D eigenvalue weighted by Crippen LogP contribution is 2.19. The molecule has 0 aliphatic rings. The molecule has 1 unspecified atom stereocenters. The Bertz CT molecular complexity index is 193. The van der Waals surface area contributed by atoms with Gasteiger partial charge < -0.3 is 4.90 Å². The van der Waals surface area contributed by atoms with Crippen LogP contribution in [0, 0.1) is 11.3 Å². The summed E-state index contributed by atoms with van der Waals surface area (Å²) in [5.41, 5.74) is 0.309. The van der Waals surface area contributed by atoms with Gasteiger partial charge in [-0.25, -0.2) is 0 Å². The van der Waals surface area contributed by atoms with Gasteiger partial charge in [-0.15, -0.1) is 0 Å². The molecular weight excluding hydrogens is 186 g/mol. The lowest BCUT2D eigenvalue weighted by atomic mass is 9.92. The van der Waals surface area contributed by atoms with Crippen LogP contribution >= 0.6 is 0 Å². The Kier molecular flexibility index (Phi) is 5.92. The SMILES string of the molecule is CCC(C)C(=O)N(CC)CCC(C)(C)C. The molecule has 0 aliphatic carbocycles. The van der Waals surface area contributed by atoms with Crippen LogP contribution in [-0.2, 0) is 4.79 Å². The van der Waals surface area contributed by atoms with Gasteiger partial charge in [-0.05, 0) is 25.2 Å². The second kappa shape index (κ2) is 6.14. The van der Waals surface area contributed by atoms with Gasteiger partial charge in [-0.1, -0.05) is 34.6 Å². The average molecular weight is 213 g/mol. The summed E-state index contributed by atoms with van der Waals surface area (Å²) in [5, 5.41) is 0. The fourth-order valence-corrected chi connectivity index (χ4v) is 1.38. The van der Waals surface area contributed by atoms with Crippen molar-refractivity contribution in [3.8, 4) is 0 Å². The van der Waals surface area contributed by atoms with Crippen LogP contribution in [0.4, 0.5) is 0 Å². The standard InChI is InChI=1S/C13H27NO/c1-7-11(3)12(15)14(8-2)10-9-13(4,5)6/h11H,7-10H2,1-6H3. The maximum atomic E-state index is 11.9. The van der Waals surface area contributed by atoms with E-state index in [1.54, 1.807) is 0 Å². The molecule has 90 valence electrons. The van der Waals surface area contributed by atoms with Crippen molar-refractivity contribution in [2.75, 3.05) is 13.1 Å². The summed E-state index contributed by atoms with van der Waals surface area (Å²) in [5.74, 6) is 0.481. The van der Waals surface area contributed by atoms with Crippen LogP contribution in [0.1, 0.15) is 54.4 Å². The van der Waals surface area contributed by atoms with E-state index in [9.17, 15) is 4.79 Å². The fraction of sp³-hybridized carbons (Fsp3) is 0.923. The first kappa shape index (κ1) is 14.5. The maximum absolute atomic E-state index is 11.9. The molecule has 1 atom stereocenters. The third kappa shape index (κ3) is 5.81. The molecule has 0 heterocycles. The highest BCUT2D eigenvalue weighted by atomic mass is 16.2. The Morgan fingerprint density at radius 2 is 1.80 bits per heavy atom. The molecule has 0 radical (unpaired) electrons. The lowest BCUT2D eigenvalue weighted by Crippen LogP contribution is -2.36. The number of nitrogens with zero attached hydrogens (tertiary/aromatic N) is 1. The Balaban J connectivity index is 4.19. The van der Waals surface area contributed by atoms with Crippen molar-refractivity contribution in [2.24, 2.45) is 11.3 Å². The zero-order valence-electron chi connectivity index (χ0n) is 11.3. The molecule has 0 fully saturated rings. The van der Waals surface area contributed by atoms with Gasteiger partial charge in [-0.2, -0.15) is 0 Å². The lowest BCUT2D eigenvalue weighted by Gasteiger charge is -2.27. The number of rotatable bonds is 5. The van der Waals surface area contributed by atoms with Gasteiger partial charge in [0.1, 0.15) is 0 Å². The quantitative estimate of drug-likeness (QED) is 0.686. The lowest BCUT2D eigenvalue weighted by molar-refractivity contribution is -0.135. The molecule has 0 saturated carbocycles. The summed E-state index contributed by atoms with van der Waals surface area (Å²) in [6.07, 6.45) is 2.01. The van der Waals surface area contributed by atoms with E-state index in [0.717, 1.165) is 25.9 Å². The van der Waals surface area contributed by atoms with Gasteiger partial charge >= 0.3 is 0 Å². The molecule has 2 nitrogen and oxygen atoms in total. The van der Waals surface area contributed by atoms with Crippen molar-refractivity contribution in [1.29, 1.82) is 0 Å². The van der Waals surface area contributed by atoms with E-state index >= 15 is 0 Å². The monoisotopic (exact) mass is 213 g/mol. The first-order chi connectivity index (χ1) is 6.81. The van der Waals surface area contributed by atoms with Crippen LogP contribution in [0.15, 0.2) is 0 Å². The van der Waals surface area contributed by atoms with Crippen molar-refractivity contribution in [1.82, 2.24) is 4.90 Å². The van der Waals surface area contributed by atoms with Crippen LogP contribution in [-0.4, -0.2) is 23.9 Å². The first-order valence-corrected chi connectivity index (χ1v) is 6.10. The number of carbonyl (C=O) groups is 1. The summed E-state index contributed by atoms with van der Waals surface area (Å²) in [6.45, 7) is 14.5. The Morgan fingerprint density at radius 3 is 2.13 bits per heavy atom. The summed E-state index contributed by atoms with van der Waals surface area (Å²) < 4.78 is 0. The summed E-state index contributed by atoms with van der Waals surface area (Å²) in [4.78, 5) is 13.9. The van der Waals surface area contributed by atoms with E-state index in [1.807, 2.05) is 11.8 Å². The van der Waals surface area contributed by atoms with E-state index in [4.69, 9.17) is 0 Å². The van der Waals surface area contributed by atoms with E-state index in [1.165, 1.54) is 0 Å². The average Bonchev–Trinajstić information content (AvgIpc) is 2.15. The zero-order chi connectivity index (χ0) is 12.1. The Morgan fingerprint density at radius 1 is 1.27 bits per heavy atom. The molecule has 0 aromatic carbocycles. The van der Waals surface area contributed by atoms with E-state index in [2.05, 4.69) is 34.6 Å². The normalized spacial score (nSPS) is 13.7. The summed E-state index contributed by atoms with van der Waals surface area (Å²) in [6, 6.07) is 0. The predicted molar refractivity (Wildman–Crippen MR) is 65.8 cm³/mol. The molecule has 0 aliphatic heterocycles. The number of hydrogen-bond donors (Lipinski definition) is 0. The van der Waals surface area contributed by atoms with Crippen molar-refractivity contribution in [2.45, 2.75) is 54.4 Å². The molecule has 0 spiro atoms. The molecule has 0 rings (SSSR count). The predicted octanol–water partition coefficient (Wildman–Crippen LogP) is 3.32. The van der Waals surface area contributed by atoms with Gasteiger partial charge in [0.25, 0.3) is 0 Å². The summed E-state index contributed by atoms with van der Waals surface area (Å²) in [7, 11) is 0. The molecule has 2 heteroatoms. The Labute approximate surface area is 95.0 Å². The minimum atomic E-state index is 0.171. The molecule has 0 saturated heterocycles. The second-order valence-corrected chi connectivity index (χ2v) is 5.54. The van der Waals surface area contributed by atoms with Crippen LogP contribution < -0.4 is 0 Å². The highest BCUT2D eigenvalue weighted by molar-refractivity contribution is 5.78. The minimum Gasteiger partial charge on any atom is -0.343 e. The van der Waals surface area contributed by atoms with E-state index in [0.29, 0.717) is 11.3 Å².